The largest absolute Gasteiger partial charge is 0.417 e. The molecule has 2 N–H and O–H groups in total. The Balaban J connectivity index is 1.56. The number of rotatable bonds is 2. The third kappa shape index (κ3) is 3.59. The molecule has 0 saturated carbocycles. The van der Waals surface area contributed by atoms with E-state index in [1.807, 2.05) is 0 Å². The standard InChI is InChI=1S/C22H18F4N6O2/c1-31-19-13-6-12(15(23)7-17(13)30-20(27)14(19)9-29-31)21(33)32-4-5-34-10-18(32)16-3-2-11(8-28-16)22(24,25)26/h2-3,6-9,18H,4-5,10H2,1H3,(H2,27,30)/t18-/m0/s1. The molecule has 1 aliphatic rings. The molecule has 34 heavy (non-hydrogen) atoms. The van der Waals surface area contributed by atoms with Crippen molar-refractivity contribution >= 4 is 33.5 Å². The molecule has 1 atom stereocenters. The van der Waals surface area contributed by atoms with Gasteiger partial charge in [-0.25, -0.2) is 9.37 Å². The van der Waals surface area contributed by atoms with Crippen LogP contribution in [0, 0.1) is 5.82 Å². The number of carbonyl (C=O) groups excluding carboxylic acids is 1. The molecule has 0 unspecified atom stereocenters. The summed E-state index contributed by atoms with van der Waals surface area (Å²) < 4.78 is 60.8. The smallest absolute Gasteiger partial charge is 0.383 e. The second-order valence-corrected chi connectivity index (χ2v) is 7.94. The number of fused-ring (bicyclic) bond motifs is 3. The number of halogens is 4. The van der Waals surface area contributed by atoms with E-state index in [1.165, 1.54) is 23.2 Å². The highest BCUT2D eigenvalue weighted by molar-refractivity contribution is 6.10. The van der Waals surface area contributed by atoms with Gasteiger partial charge in [-0.3, -0.25) is 14.5 Å². The average Bonchev–Trinajstić information content (AvgIpc) is 3.20. The first-order valence-corrected chi connectivity index (χ1v) is 10.3. The number of aryl methyl sites for hydroxylation is 1. The molecule has 4 aromatic rings. The molecule has 8 nitrogen and oxygen atoms in total. The number of amides is 1. The Hall–Kier alpha value is -3.80. The summed E-state index contributed by atoms with van der Waals surface area (Å²) in [7, 11) is 1.69. The van der Waals surface area contributed by atoms with Gasteiger partial charge in [-0.2, -0.15) is 18.3 Å². The third-order valence-corrected chi connectivity index (χ3v) is 5.87. The zero-order valence-electron chi connectivity index (χ0n) is 17.8. The van der Waals surface area contributed by atoms with Gasteiger partial charge in [0.2, 0.25) is 0 Å². The highest BCUT2D eigenvalue weighted by Gasteiger charge is 2.34. The Morgan fingerprint density at radius 1 is 1.21 bits per heavy atom. The molecule has 0 bridgehead atoms. The zero-order valence-corrected chi connectivity index (χ0v) is 17.8. The molecule has 0 radical (unpaired) electrons. The maximum Gasteiger partial charge on any atom is 0.417 e. The van der Waals surface area contributed by atoms with E-state index in [9.17, 15) is 18.0 Å². The van der Waals surface area contributed by atoms with Gasteiger partial charge >= 0.3 is 6.18 Å². The quantitative estimate of drug-likeness (QED) is 0.447. The van der Waals surface area contributed by atoms with Gasteiger partial charge in [-0.05, 0) is 18.2 Å². The molecule has 0 aliphatic carbocycles. The molecule has 1 aliphatic heterocycles. The van der Waals surface area contributed by atoms with E-state index in [4.69, 9.17) is 10.5 Å². The summed E-state index contributed by atoms with van der Waals surface area (Å²) in [5.74, 6) is -1.24. The minimum absolute atomic E-state index is 0.0172. The van der Waals surface area contributed by atoms with Gasteiger partial charge < -0.3 is 15.4 Å². The van der Waals surface area contributed by atoms with Gasteiger partial charge in [-0.1, -0.05) is 0 Å². The summed E-state index contributed by atoms with van der Waals surface area (Å²) in [6, 6.07) is 3.85. The van der Waals surface area contributed by atoms with Crippen LogP contribution in [0.4, 0.5) is 23.4 Å². The fourth-order valence-corrected chi connectivity index (χ4v) is 4.16. The SMILES string of the molecule is Cn1ncc2c(N)nc3cc(F)c(C(=O)N4CCOC[C@H]4c4ccc(C(F)(F)F)cn4)cc3c21. The van der Waals surface area contributed by atoms with Crippen molar-refractivity contribution in [3.05, 3.63) is 59.3 Å². The molecular formula is C22H18F4N6O2. The number of nitrogens with two attached hydrogens (primary N) is 1. The summed E-state index contributed by atoms with van der Waals surface area (Å²) in [6.45, 7) is 0.330. The first-order chi connectivity index (χ1) is 16.1. The van der Waals surface area contributed by atoms with Crippen molar-refractivity contribution in [3.8, 4) is 0 Å². The lowest BCUT2D eigenvalue weighted by Crippen LogP contribution is -2.44. The monoisotopic (exact) mass is 474 g/mol. The first-order valence-electron chi connectivity index (χ1n) is 10.3. The van der Waals surface area contributed by atoms with Gasteiger partial charge in [0.05, 0.1) is 58.7 Å². The highest BCUT2D eigenvalue weighted by atomic mass is 19.4. The number of anilines is 1. The lowest BCUT2D eigenvalue weighted by atomic mass is 10.0. The molecule has 176 valence electrons. The van der Waals surface area contributed by atoms with Crippen molar-refractivity contribution in [2.45, 2.75) is 12.2 Å². The molecule has 1 aromatic carbocycles. The second-order valence-electron chi connectivity index (χ2n) is 7.94. The van der Waals surface area contributed by atoms with E-state index in [-0.39, 0.29) is 42.4 Å². The molecule has 0 spiro atoms. The highest BCUT2D eigenvalue weighted by Crippen LogP contribution is 2.33. The summed E-state index contributed by atoms with van der Waals surface area (Å²) in [5, 5.41) is 5.23. The summed E-state index contributed by atoms with van der Waals surface area (Å²) in [5.41, 5.74) is 5.93. The predicted molar refractivity (Wildman–Crippen MR) is 114 cm³/mol. The topological polar surface area (TPSA) is 99.2 Å². The fraction of sp³-hybridized carbons (Fsp3) is 0.273. The van der Waals surface area contributed by atoms with E-state index in [1.54, 1.807) is 11.7 Å². The number of hydrogen-bond donors (Lipinski definition) is 1. The molecule has 3 aromatic heterocycles. The Morgan fingerprint density at radius 3 is 2.71 bits per heavy atom. The van der Waals surface area contributed by atoms with Crippen molar-refractivity contribution in [2.24, 2.45) is 7.05 Å². The molecule has 4 heterocycles. The van der Waals surface area contributed by atoms with Crippen molar-refractivity contribution in [1.82, 2.24) is 24.6 Å². The van der Waals surface area contributed by atoms with Crippen LogP contribution in [0.5, 0.6) is 0 Å². The summed E-state index contributed by atoms with van der Waals surface area (Å²) in [4.78, 5) is 22.9. The summed E-state index contributed by atoms with van der Waals surface area (Å²) >= 11 is 0. The van der Waals surface area contributed by atoms with Crippen LogP contribution in [-0.4, -0.2) is 50.3 Å². The molecule has 12 heteroatoms. The van der Waals surface area contributed by atoms with Crippen LogP contribution < -0.4 is 5.73 Å². The van der Waals surface area contributed by atoms with E-state index in [0.717, 1.165) is 12.1 Å². The number of pyridine rings is 2. The van der Waals surface area contributed by atoms with E-state index < -0.39 is 29.5 Å². The number of benzene rings is 1. The number of alkyl halides is 3. The molecule has 1 saturated heterocycles. The number of nitrogen functional groups attached to an aromatic ring is 1. The van der Waals surface area contributed by atoms with Crippen LogP contribution >= 0.6 is 0 Å². The number of morpholine rings is 1. The van der Waals surface area contributed by atoms with Gasteiger partial charge in [0.25, 0.3) is 5.91 Å². The number of ether oxygens (including phenoxy) is 1. The van der Waals surface area contributed by atoms with E-state index in [2.05, 4.69) is 15.1 Å². The maximum atomic E-state index is 15.1. The van der Waals surface area contributed by atoms with Crippen LogP contribution in [-0.2, 0) is 18.0 Å². The van der Waals surface area contributed by atoms with Crippen molar-refractivity contribution in [1.29, 1.82) is 0 Å². The predicted octanol–water partition coefficient (Wildman–Crippen LogP) is 3.47. The van der Waals surface area contributed by atoms with Crippen molar-refractivity contribution in [2.75, 3.05) is 25.5 Å². The van der Waals surface area contributed by atoms with Gasteiger partial charge in [-0.15, -0.1) is 0 Å². The lowest BCUT2D eigenvalue weighted by molar-refractivity contribution is -0.137. The van der Waals surface area contributed by atoms with Crippen LogP contribution in [0.3, 0.4) is 0 Å². The fourth-order valence-electron chi connectivity index (χ4n) is 4.16. The minimum Gasteiger partial charge on any atom is -0.383 e. The maximum absolute atomic E-state index is 15.1. The van der Waals surface area contributed by atoms with Crippen molar-refractivity contribution < 1.29 is 27.1 Å². The zero-order chi connectivity index (χ0) is 24.2. The molecule has 5 rings (SSSR count). The van der Waals surface area contributed by atoms with E-state index >= 15 is 4.39 Å². The number of nitrogens with zero attached hydrogens (tertiary/aromatic N) is 5. The average molecular weight is 474 g/mol. The second kappa shape index (κ2) is 7.90. The van der Waals surface area contributed by atoms with Crippen LogP contribution in [0.2, 0.25) is 0 Å². The number of carbonyl (C=O) groups is 1. The third-order valence-electron chi connectivity index (χ3n) is 5.87. The van der Waals surface area contributed by atoms with E-state index in [0.29, 0.717) is 22.5 Å². The van der Waals surface area contributed by atoms with Gasteiger partial charge in [0.1, 0.15) is 11.6 Å². The molecule has 1 amide bonds. The Bertz CT molecular complexity index is 1420. The Kier molecular flexibility index (Phi) is 5.12. The number of hydrogen-bond acceptors (Lipinski definition) is 6. The normalized spacial score (nSPS) is 17.0. The van der Waals surface area contributed by atoms with Gasteiger partial charge in [0, 0.05) is 31.2 Å². The van der Waals surface area contributed by atoms with Crippen molar-refractivity contribution in [3.63, 3.8) is 0 Å². The van der Waals surface area contributed by atoms with Crippen LogP contribution in [0.15, 0.2) is 36.7 Å². The summed E-state index contributed by atoms with van der Waals surface area (Å²) in [6.07, 6.45) is -2.29. The lowest BCUT2D eigenvalue weighted by Gasteiger charge is -2.35. The van der Waals surface area contributed by atoms with Crippen LogP contribution in [0.25, 0.3) is 21.8 Å². The Morgan fingerprint density at radius 2 is 2.00 bits per heavy atom. The first kappa shape index (κ1) is 22.0. The van der Waals surface area contributed by atoms with Crippen LogP contribution in [0.1, 0.15) is 27.7 Å². The van der Waals surface area contributed by atoms with Gasteiger partial charge in [0.15, 0.2) is 0 Å². The Labute approximate surface area is 189 Å². The molecular weight excluding hydrogens is 456 g/mol. The molecule has 1 fully saturated rings. The minimum atomic E-state index is -4.53. The number of aromatic nitrogens is 4.